The SMILES string of the molecule is CCc1ccc(C(O)C(CN)c2c(Cl)cccc2Cl)s1. The second-order valence-corrected chi connectivity index (χ2v) is 6.59. The smallest absolute Gasteiger partial charge is 0.0963 e. The first kappa shape index (κ1) is 15.8. The Hall–Kier alpha value is -0.580. The average Bonchev–Trinajstić information content (AvgIpc) is 2.91. The number of hydrogen-bond donors (Lipinski definition) is 2. The van der Waals surface area contributed by atoms with Gasteiger partial charge in [-0.15, -0.1) is 11.3 Å². The van der Waals surface area contributed by atoms with E-state index in [0.717, 1.165) is 16.9 Å². The van der Waals surface area contributed by atoms with Gasteiger partial charge in [0, 0.05) is 32.3 Å². The third-order valence-corrected chi connectivity index (χ3v) is 5.29. The van der Waals surface area contributed by atoms with Crippen LogP contribution in [0.3, 0.4) is 0 Å². The predicted octanol–water partition coefficient (Wildman–Crippen LogP) is 4.39. The van der Waals surface area contributed by atoms with Crippen molar-refractivity contribution >= 4 is 34.5 Å². The van der Waals surface area contributed by atoms with E-state index in [4.69, 9.17) is 28.9 Å². The molecule has 2 atom stereocenters. The Balaban J connectivity index is 2.36. The molecular weight excluding hydrogens is 313 g/mol. The van der Waals surface area contributed by atoms with Crippen LogP contribution in [0.2, 0.25) is 10.0 Å². The van der Waals surface area contributed by atoms with Crippen LogP contribution in [0.1, 0.15) is 34.3 Å². The summed E-state index contributed by atoms with van der Waals surface area (Å²) in [5.74, 6) is -0.306. The molecule has 0 saturated carbocycles. The summed E-state index contributed by atoms with van der Waals surface area (Å²) in [7, 11) is 0. The molecule has 0 saturated heterocycles. The Bertz CT molecular complexity index is 565. The van der Waals surface area contributed by atoms with Crippen molar-refractivity contribution in [2.24, 2.45) is 5.73 Å². The Morgan fingerprint density at radius 2 is 1.85 bits per heavy atom. The molecule has 0 radical (unpaired) electrons. The van der Waals surface area contributed by atoms with Crippen molar-refractivity contribution in [3.63, 3.8) is 0 Å². The minimum absolute atomic E-state index is 0.282. The maximum Gasteiger partial charge on any atom is 0.0963 e. The van der Waals surface area contributed by atoms with Gasteiger partial charge in [-0.25, -0.2) is 0 Å². The van der Waals surface area contributed by atoms with E-state index in [0.29, 0.717) is 10.0 Å². The van der Waals surface area contributed by atoms with Gasteiger partial charge < -0.3 is 10.8 Å². The van der Waals surface area contributed by atoms with E-state index < -0.39 is 6.10 Å². The van der Waals surface area contributed by atoms with Crippen LogP contribution >= 0.6 is 34.5 Å². The number of nitrogens with two attached hydrogens (primary N) is 1. The van der Waals surface area contributed by atoms with E-state index in [1.54, 1.807) is 29.5 Å². The lowest BCUT2D eigenvalue weighted by molar-refractivity contribution is 0.151. The van der Waals surface area contributed by atoms with Crippen LogP contribution in [0.4, 0.5) is 0 Å². The van der Waals surface area contributed by atoms with Crippen LogP contribution in [0, 0.1) is 0 Å². The van der Waals surface area contributed by atoms with Crippen LogP contribution in [0.15, 0.2) is 30.3 Å². The minimum atomic E-state index is -0.692. The van der Waals surface area contributed by atoms with Crippen LogP contribution in [-0.4, -0.2) is 11.7 Å². The van der Waals surface area contributed by atoms with Gasteiger partial charge >= 0.3 is 0 Å². The molecule has 0 aliphatic carbocycles. The second-order valence-electron chi connectivity index (χ2n) is 4.58. The molecule has 3 N–H and O–H groups in total. The van der Waals surface area contributed by atoms with Crippen molar-refractivity contribution in [2.45, 2.75) is 25.4 Å². The van der Waals surface area contributed by atoms with Gasteiger partial charge in [-0.3, -0.25) is 0 Å². The normalized spacial score (nSPS) is 14.2. The molecule has 0 fully saturated rings. The highest BCUT2D eigenvalue weighted by Crippen LogP contribution is 2.40. The number of hydrogen-bond acceptors (Lipinski definition) is 3. The summed E-state index contributed by atoms with van der Waals surface area (Å²) >= 11 is 14.0. The van der Waals surface area contributed by atoms with Crippen LogP contribution in [0.25, 0.3) is 0 Å². The number of aliphatic hydroxyl groups is 1. The molecule has 20 heavy (non-hydrogen) atoms. The summed E-state index contributed by atoms with van der Waals surface area (Å²) in [6.07, 6.45) is 0.264. The van der Waals surface area contributed by atoms with Crippen molar-refractivity contribution < 1.29 is 5.11 Å². The van der Waals surface area contributed by atoms with E-state index in [1.165, 1.54) is 4.88 Å². The molecular formula is C15H17Cl2NOS. The molecule has 108 valence electrons. The highest BCUT2D eigenvalue weighted by molar-refractivity contribution is 7.12. The zero-order chi connectivity index (χ0) is 14.7. The second kappa shape index (κ2) is 6.92. The maximum atomic E-state index is 10.6. The van der Waals surface area contributed by atoms with Gasteiger partial charge in [0.1, 0.15) is 0 Å². The lowest BCUT2D eigenvalue weighted by Crippen LogP contribution is -2.20. The fourth-order valence-corrected chi connectivity index (χ4v) is 3.89. The van der Waals surface area contributed by atoms with Crippen molar-refractivity contribution in [3.8, 4) is 0 Å². The van der Waals surface area contributed by atoms with Crippen molar-refractivity contribution in [1.29, 1.82) is 0 Å². The molecule has 1 heterocycles. The Morgan fingerprint density at radius 1 is 1.20 bits per heavy atom. The van der Waals surface area contributed by atoms with Gasteiger partial charge in [0.2, 0.25) is 0 Å². The van der Waals surface area contributed by atoms with E-state index in [1.807, 2.05) is 12.1 Å². The van der Waals surface area contributed by atoms with Crippen molar-refractivity contribution in [2.75, 3.05) is 6.54 Å². The molecule has 1 aromatic heterocycles. The monoisotopic (exact) mass is 329 g/mol. The molecule has 5 heteroatoms. The zero-order valence-electron chi connectivity index (χ0n) is 11.1. The Morgan fingerprint density at radius 3 is 2.35 bits per heavy atom. The van der Waals surface area contributed by atoms with E-state index in [-0.39, 0.29) is 12.5 Å². The third-order valence-electron chi connectivity index (χ3n) is 3.33. The summed E-state index contributed by atoms with van der Waals surface area (Å²) in [6.45, 7) is 2.37. The van der Waals surface area contributed by atoms with Gasteiger partial charge in [0.15, 0.2) is 0 Å². The molecule has 2 rings (SSSR count). The minimum Gasteiger partial charge on any atom is -0.387 e. The van der Waals surface area contributed by atoms with E-state index in [9.17, 15) is 5.11 Å². The molecule has 2 nitrogen and oxygen atoms in total. The Labute approximate surface area is 133 Å². The average molecular weight is 330 g/mol. The van der Waals surface area contributed by atoms with Crippen molar-refractivity contribution in [1.82, 2.24) is 0 Å². The number of aliphatic hydroxyl groups excluding tert-OH is 1. The lowest BCUT2D eigenvalue weighted by Gasteiger charge is -2.23. The summed E-state index contributed by atoms with van der Waals surface area (Å²) < 4.78 is 0. The molecule has 0 spiro atoms. The number of halogens is 2. The molecule has 2 aromatic rings. The Kier molecular flexibility index (Phi) is 5.47. The highest BCUT2D eigenvalue weighted by atomic mass is 35.5. The number of thiophene rings is 1. The maximum absolute atomic E-state index is 10.6. The summed E-state index contributed by atoms with van der Waals surface area (Å²) in [4.78, 5) is 2.13. The standard InChI is InChI=1S/C15H17Cl2NOS/c1-2-9-6-7-13(20-9)15(19)10(8-18)14-11(16)4-3-5-12(14)17/h3-7,10,15,19H,2,8,18H2,1H3. The van der Waals surface area contributed by atoms with Crippen LogP contribution in [0.5, 0.6) is 0 Å². The lowest BCUT2D eigenvalue weighted by atomic mass is 9.92. The largest absolute Gasteiger partial charge is 0.387 e. The van der Waals surface area contributed by atoms with Crippen molar-refractivity contribution in [3.05, 3.63) is 55.7 Å². The third kappa shape index (κ3) is 3.18. The summed E-state index contributed by atoms with van der Waals surface area (Å²) in [5, 5.41) is 11.7. The fourth-order valence-electron chi connectivity index (χ4n) is 2.21. The summed E-state index contributed by atoms with van der Waals surface area (Å²) in [6, 6.07) is 9.30. The van der Waals surface area contributed by atoms with Crippen LogP contribution in [-0.2, 0) is 6.42 Å². The zero-order valence-corrected chi connectivity index (χ0v) is 13.5. The fraction of sp³-hybridized carbons (Fsp3) is 0.333. The first-order chi connectivity index (χ1) is 9.58. The van der Waals surface area contributed by atoms with Gasteiger partial charge in [-0.1, -0.05) is 36.2 Å². The number of rotatable bonds is 5. The quantitative estimate of drug-likeness (QED) is 0.854. The molecule has 0 aliphatic heterocycles. The first-order valence-electron chi connectivity index (χ1n) is 6.49. The van der Waals surface area contributed by atoms with E-state index in [2.05, 4.69) is 6.92 Å². The number of benzene rings is 1. The molecule has 1 aromatic carbocycles. The van der Waals surface area contributed by atoms with Gasteiger partial charge in [-0.2, -0.15) is 0 Å². The molecule has 0 aliphatic rings. The first-order valence-corrected chi connectivity index (χ1v) is 8.06. The van der Waals surface area contributed by atoms with Gasteiger partial charge in [0.05, 0.1) is 6.10 Å². The van der Waals surface area contributed by atoms with E-state index >= 15 is 0 Å². The molecule has 0 amide bonds. The number of aryl methyl sites for hydroxylation is 1. The molecule has 2 unspecified atom stereocenters. The molecule has 0 bridgehead atoms. The topological polar surface area (TPSA) is 46.2 Å². The summed E-state index contributed by atoms with van der Waals surface area (Å²) in [5.41, 5.74) is 6.57. The van der Waals surface area contributed by atoms with Gasteiger partial charge in [0.25, 0.3) is 0 Å². The predicted molar refractivity (Wildman–Crippen MR) is 86.9 cm³/mol. The van der Waals surface area contributed by atoms with Crippen LogP contribution < -0.4 is 5.73 Å². The highest BCUT2D eigenvalue weighted by Gasteiger charge is 2.26. The van der Waals surface area contributed by atoms with Gasteiger partial charge in [-0.05, 0) is 36.2 Å².